The number of hydrogen-bond acceptors (Lipinski definition) is 6. The summed E-state index contributed by atoms with van der Waals surface area (Å²) in [4.78, 5) is 14.1. The molecule has 0 radical (unpaired) electrons. The fourth-order valence-electron chi connectivity index (χ4n) is 2.90. The van der Waals surface area contributed by atoms with Gasteiger partial charge in [0, 0.05) is 28.7 Å². The molecule has 2 aromatic heterocycles. The zero-order valence-electron chi connectivity index (χ0n) is 15.9. The molecule has 0 unspecified atom stereocenters. The van der Waals surface area contributed by atoms with Gasteiger partial charge in [-0.2, -0.15) is 5.10 Å². The van der Waals surface area contributed by atoms with Crippen LogP contribution in [0.4, 0.5) is 11.5 Å². The van der Waals surface area contributed by atoms with Crippen molar-refractivity contribution in [1.82, 2.24) is 9.55 Å². The SMILES string of the molecule is CCOc1ccc(-n2c(C)cc(/C=N/Nc3ccc([N+](=O)[O-])cn3)c2C)cc1. The Labute approximate surface area is 162 Å². The molecule has 3 aromatic rings. The summed E-state index contributed by atoms with van der Waals surface area (Å²) in [6.45, 7) is 6.65. The first-order chi connectivity index (χ1) is 13.5. The van der Waals surface area contributed by atoms with Gasteiger partial charge in [-0.05, 0) is 57.2 Å². The molecule has 0 fully saturated rings. The van der Waals surface area contributed by atoms with Crippen LogP contribution in [0.15, 0.2) is 53.8 Å². The number of hydrogen-bond donors (Lipinski definition) is 1. The van der Waals surface area contributed by atoms with E-state index in [0.717, 1.165) is 28.4 Å². The number of nitrogens with one attached hydrogen (secondary N) is 1. The van der Waals surface area contributed by atoms with Crippen LogP contribution in [-0.4, -0.2) is 27.3 Å². The molecule has 28 heavy (non-hydrogen) atoms. The van der Waals surface area contributed by atoms with Gasteiger partial charge in [0.2, 0.25) is 0 Å². The number of aryl methyl sites for hydroxylation is 1. The van der Waals surface area contributed by atoms with Gasteiger partial charge in [-0.3, -0.25) is 15.5 Å². The van der Waals surface area contributed by atoms with Gasteiger partial charge in [-0.25, -0.2) is 4.98 Å². The number of nitro groups is 1. The number of benzene rings is 1. The van der Waals surface area contributed by atoms with Gasteiger partial charge >= 0.3 is 0 Å². The maximum Gasteiger partial charge on any atom is 0.287 e. The minimum absolute atomic E-state index is 0.0616. The second-order valence-corrected chi connectivity index (χ2v) is 6.12. The van der Waals surface area contributed by atoms with E-state index >= 15 is 0 Å². The molecule has 0 aliphatic carbocycles. The zero-order chi connectivity index (χ0) is 20.1. The highest BCUT2D eigenvalue weighted by Gasteiger charge is 2.10. The van der Waals surface area contributed by atoms with Gasteiger partial charge in [0.25, 0.3) is 5.69 Å². The molecular weight excluding hydrogens is 358 g/mol. The third kappa shape index (κ3) is 4.17. The number of aromatic nitrogens is 2. The van der Waals surface area contributed by atoms with E-state index in [1.807, 2.05) is 51.1 Å². The Morgan fingerprint density at radius 2 is 2.00 bits per heavy atom. The van der Waals surface area contributed by atoms with Crippen LogP contribution in [0.3, 0.4) is 0 Å². The highest BCUT2D eigenvalue weighted by atomic mass is 16.6. The van der Waals surface area contributed by atoms with Crippen LogP contribution < -0.4 is 10.2 Å². The summed E-state index contributed by atoms with van der Waals surface area (Å²) in [5.41, 5.74) is 6.85. The minimum atomic E-state index is -0.490. The number of ether oxygens (including phenoxy) is 1. The number of anilines is 1. The van der Waals surface area contributed by atoms with E-state index in [1.54, 1.807) is 6.21 Å². The molecule has 0 aliphatic rings. The van der Waals surface area contributed by atoms with E-state index in [-0.39, 0.29) is 5.69 Å². The van der Waals surface area contributed by atoms with E-state index in [2.05, 4.69) is 20.1 Å². The van der Waals surface area contributed by atoms with Crippen molar-refractivity contribution < 1.29 is 9.66 Å². The number of hydrazone groups is 1. The number of pyridine rings is 1. The molecule has 8 heteroatoms. The van der Waals surface area contributed by atoms with Crippen LogP contribution in [0.1, 0.15) is 23.9 Å². The average Bonchev–Trinajstić information content (AvgIpc) is 2.97. The summed E-state index contributed by atoms with van der Waals surface area (Å²) in [5.74, 6) is 1.28. The summed E-state index contributed by atoms with van der Waals surface area (Å²) >= 11 is 0. The van der Waals surface area contributed by atoms with Gasteiger partial charge in [-0.15, -0.1) is 0 Å². The highest BCUT2D eigenvalue weighted by molar-refractivity contribution is 5.82. The highest BCUT2D eigenvalue weighted by Crippen LogP contribution is 2.22. The summed E-state index contributed by atoms with van der Waals surface area (Å²) in [6, 6.07) is 12.9. The molecule has 1 N–H and O–H groups in total. The first-order valence-corrected chi connectivity index (χ1v) is 8.81. The summed E-state index contributed by atoms with van der Waals surface area (Å²) in [5, 5.41) is 14.9. The molecule has 3 rings (SSSR count). The minimum Gasteiger partial charge on any atom is -0.494 e. The Morgan fingerprint density at radius 1 is 1.25 bits per heavy atom. The third-order valence-corrected chi connectivity index (χ3v) is 4.22. The lowest BCUT2D eigenvalue weighted by Crippen LogP contribution is -2.00. The van der Waals surface area contributed by atoms with Crippen molar-refractivity contribution in [2.75, 3.05) is 12.0 Å². The molecule has 0 atom stereocenters. The maximum atomic E-state index is 10.7. The monoisotopic (exact) mass is 379 g/mol. The van der Waals surface area contributed by atoms with Crippen LogP contribution in [0.2, 0.25) is 0 Å². The second-order valence-electron chi connectivity index (χ2n) is 6.12. The van der Waals surface area contributed by atoms with Crippen molar-refractivity contribution in [2.24, 2.45) is 5.10 Å². The van der Waals surface area contributed by atoms with E-state index < -0.39 is 4.92 Å². The molecule has 0 amide bonds. The molecule has 1 aromatic carbocycles. The number of rotatable bonds is 7. The quantitative estimate of drug-likeness (QED) is 0.376. The Kier molecular flexibility index (Phi) is 5.69. The molecule has 144 valence electrons. The molecule has 0 spiro atoms. The van der Waals surface area contributed by atoms with Crippen molar-refractivity contribution in [3.05, 3.63) is 75.7 Å². The lowest BCUT2D eigenvalue weighted by molar-refractivity contribution is -0.385. The van der Waals surface area contributed by atoms with E-state index in [1.165, 1.54) is 18.3 Å². The molecule has 0 aliphatic heterocycles. The van der Waals surface area contributed by atoms with Gasteiger partial charge in [0.15, 0.2) is 0 Å². The largest absolute Gasteiger partial charge is 0.494 e. The standard InChI is InChI=1S/C20H21N5O3/c1-4-28-19-8-5-17(6-9-19)24-14(2)11-16(15(24)3)12-22-23-20-10-7-18(13-21-20)25(26)27/h5-13H,4H2,1-3H3,(H,21,23)/b22-12+. The summed E-state index contributed by atoms with van der Waals surface area (Å²) in [7, 11) is 0. The van der Waals surface area contributed by atoms with Crippen LogP contribution in [0.5, 0.6) is 5.75 Å². The Morgan fingerprint density at radius 3 is 2.61 bits per heavy atom. The Hall–Kier alpha value is -3.68. The maximum absolute atomic E-state index is 10.7. The Balaban J connectivity index is 1.75. The predicted octanol–water partition coefficient (Wildman–Crippen LogP) is 4.24. The van der Waals surface area contributed by atoms with E-state index in [9.17, 15) is 10.1 Å². The fraction of sp³-hybridized carbons (Fsp3) is 0.200. The Bertz CT molecular complexity index is 992. The normalized spacial score (nSPS) is 11.0. The van der Waals surface area contributed by atoms with Gasteiger partial charge in [-0.1, -0.05) is 0 Å². The van der Waals surface area contributed by atoms with Crippen LogP contribution in [-0.2, 0) is 0 Å². The third-order valence-electron chi connectivity index (χ3n) is 4.22. The van der Waals surface area contributed by atoms with Crippen LogP contribution >= 0.6 is 0 Å². The topological polar surface area (TPSA) is 94.6 Å². The predicted molar refractivity (Wildman–Crippen MR) is 109 cm³/mol. The molecule has 0 saturated heterocycles. The smallest absolute Gasteiger partial charge is 0.287 e. The van der Waals surface area contributed by atoms with Crippen LogP contribution in [0, 0.1) is 24.0 Å². The van der Waals surface area contributed by atoms with Crippen molar-refractivity contribution in [1.29, 1.82) is 0 Å². The van der Waals surface area contributed by atoms with Gasteiger partial charge in [0.1, 0.15) is 17.8 Å². The average molecular weight is 379 g/mol. The molecule has 0 saturated carbocycles. The van der Waals surface area contributed by atoms with Gasteiger partial charge in [0.05, 0.1) is 17.7 Å². The first kappa shape index (κ1) is 19.1. The lowest BCUT2D eigenvalue weighted by Gasteiger charge is -2.10. The molecule has 8 nitrogen and oxygen atoms in total. The fourth-order valence-corrected chi connectivity index (χ4v) is 2.90. The zero-order valence-corrected chi connectivity index (χ0v) is 15.9. The number of nitrogens with zero attached hydrogens (tertiary/aromatic N) is 4. The van der Waals surface area contributed by atoms with Crippen molar-refractivity contribution in [3.8, 4) is 11.4 Å². The van der Waals surface area contributed by atoms with E-state index in [4.69, 9.17) is 4.74 Å². The first-order valence-electron chi connectivity index (χ1n) is 8.81. The molecule has 2 heterocycles. The van der Waals surface area contributed by atoms with Crippen molar-refractivity contribution in [3.63, 3.8) is 0 Å². The summed E-state index contributed by atoms with van der Waals surface area (Å²) < 4.78 is 7.64. The summed E-state index contributed by atoms with van der Waals surface area (Å²) in [6.07, 6.45) is 2.89. The molecule has 0 bridgehead atoms. The molecular formula is C20H21N5O3. The van der Waals surface area contributed by atoms with Crippen molar-refractivity contribution in [2.45, 2.75) is 20.8 Å². The van der Waals surface area contributed by atoms with E-state index in [0.29, 0.717) is 12.4 Å². The van der Waals surface area contributed by atoms with Crippen molar-refractivity contribution >= 4 is 17.7 Å². The van der Waals surface area contributed by atoms with Gasteiger partial charge < -0.3 is 9.30 Å². The lowest BCUT2D eigenvalue weighted by atomic mass is 10.2. The second kappa shape index (κ2) is 8.34. The van der Waals surface area contributed by atoms with Crippen LogP contribution in [0.25, 0.3) is 5.69 Å².